The van der Waals surface area contributed by atoms with Crippen LogP contribution in [0.25, 0.3) is 0 Å². The number of carbonyl (C=O) groups is 1. The zero-order chi connectivity index (χ0) is 12.7. The number of para-hydroxylation sites is 2. The van der Waals surface area contributed by atoms with Gasteiger partial charge in [0, 0.05) is 0 Å². The average molecular weight is 238 g/mol. The lowest BCUT2D eigenvalue weighted by Crippen LogP contribution is -2.25. The minimum absolute atomic E-state index is 0.407. The predicted octanol–water partition coefficient (Wildman–Crippen LogP) is 2.42. The molecule has 0 spiro atoms. The molecule has 0 radical (unpaired) electrons. The van der Waals surface area contributed by atoms with Gasteiger partial charge in [-0.2, -0.15) is 0 Å². The topological polar surface area (TPSA) is 44.8 Å². The molecule has 0 aromatic heterocycles. The minimum atomic E-state index is -0.647. The highest BCUT2D eigenvalue weighted by atomic mass is 16.6. The van der Waals surface area contributed by atoms with Crippen LogP contribution < -0.4 is 9.47 Å². The van der Waals surface area contributed by atoms with Gasteiger partial charge < -0.3 is 14.2 Å². The Labute approximate surface area is 101 Å². The third-order valence-corrected chi connectivity index (χ3v) is 2.15. The summed E-state index contributed by atoms with van der Waals surface area (Å²) in [5.41, 5.74) is 0. The van der Waals surface area contributed by atoms with Gasteiger partial charge in [0.15, 0.2) is 17.6 Å². The Morgan fingerprint density at radius 3 is 2.53 bits per heavy atom. The maximum Gasteiger partial charge on any atom is 0.346 e. The molecule has 1 atom stereocenters. The second-order valence-corrected chi connectivity index (χ2v) is 3.58. The van der Waals surface area contributed by atoms with E-state index in [1.165, 1.54) is 7.11 Å². The highest BCUT2D eigenvalue weighted by Crippen LogP contribution is 2.27. The van der Waals surface area contributed by atoms with Crippen molar-refractivity contribution >= 4 is 5.97 Å². The van der Waals surface area contributed by atoms with Crippen molar-refractivity contribution in [2.45, 2.75) is 26.4 Å². The van der Waals surface area contributed by atoms with Crippen molar-refractivity contribution in [3.05, 3.63) is 24.3 Å². The van der Waals surface area contributed by atoms with Crippen LogP contribution in [-0.4, -0.2) is 25.8 Å². The standard InChI is InChI=1S/C13H18O4/c1-4-9-16-11-7-5-6-8-12(11)17-10(2)13(14)15-3/h5-8,10H,4,9H2,1-3H3. The fraction of sp³-hybridized carbons (Fsp3) is 0.462. The van der Waals surface area contributed by atoms with Gasteiger partial charge in [-0.1, -0.05) is 19.1 Å². The normalized spacial score (nSPS) is 11.7. The van der Waals surface area contributed by atoms with E-state index in [9.17, 15) is 4.79 Å². The Kier molecular flexibility index (Phi) is 5.33. The van der Waals surface area contributed by atoms with Gasteiger partial charge in [0.1, 0.15) is 0 Å². The molecular formula is C13H18O4. The molecular weight excluding hydrogens is 220 g/mol. The van der Waals surface area contributed by atoms with E-state index in [4.69, 9.17) is 9.47 Å². The summed E-state index contributed by atoms with van der Waals surface area (Å²) in [4.78, 5) is 11.3. The molecule has 0 fully saturated rings. The Morgan fingerprint density at radius 1 is 1.29 bits per heavy atom. The average Bonchev–Trinajstić information content (AvgIpc) is 2.36. The number of ether oxygens (including phenoxy) is 3. The molecule has 17 heavy (non-hydrogen) atoms. The Balaban J connectivity index is 2.72. The molecule has 1 aromatic rings. The predicted molar refractivity (Wildman–Crippen MR) is 64.3 cm³/mol. The summed E-state index contributed by atoms with van der Waals surface area (Å²) in [7, 11) is 1.34. The van der Waals surface area contributed by atoms with E-state index in [-0.39, 0.29) is 0 Å². The van der Waals surface area contributed by atoms with Crippen molar-refractivity contribution in [3.8, 4) is 11.5 Å². The van der Waals surface area contributed by atoms with Crippen molar-refractivity contribution in [3.63, 3.8) is 0 Å². The Hall–Kier alpha value is -1.71. The molecule has 0 saturated heterocycles. The smallest absolute Gasteiger partial charge is 0.346 e. The lowest BCUT2D eigenvalue weighted by Gasteiger charge is -2.15. The molecule has 4 nitrogen and oxygen atoms in total. The van der Waals surface area contributed by atoms with Gasteiger partial charge in [0.05, 0.1) is 13.7 Å². The number of rotatable bonds is 6. The van der Waals surface area contributed by atoms with E-state index in [1.807, 2.05) is 25.1 Å². The number of benzene rings is 1. The zero-order valence-corrected chi connectivity index (χ0v) is 10.4. The van der Waals surface area contributed by atoms with Crippen molar-refractivity contribution in [1.29, 1.82) is 0 Å². The molecule has 1 aromatic carbocycles. The number of carbonyl (C=O) groups excluding carboxylic acids is 1. The first-order valence-corrected chi connectivity index (χ1v) is 5.65. The summed E-state index contributed by atoms with van der Waals surface area (Å²) in [6.45, 7) is 4.29. The Morgan fingerprint density at radius 2 is 1.94 bits per heavy atom. The quantitative estimate of drug-likeness (QED) is 0.714. The van der Waals surface area contributed by atoms with Crippen LogP contribution in [0.3, 0.4) is 0 Å². The van der Waals surface area contributed by atoms with E-state index >= 15 is 0 Å². The maximum atomic E-state index is 11.3. The lowest BCUT2D eigenvalue weighted by atomic mass is 10.3. The molecule has 0 bridgehead atoms. The van der Waals surface area contributed by atoms with Crippen LogP contribution in [0, 0.1) is 0 Å². The number of methoxy groups -OCH3 is 1. The van der Waals surface area contributed by atoms with Crippen molar-refractivity contribution in [2.75, 3.05) is 13.7 Å². The van der Waals surface area contributed by atoms with Crippen molar-refractivity contribution in [2.24, 2.45) is 0 Å². The first-order valence-electron chi connectivity index (χ1n) is 5.65. The van der Waals surface area contributed by atoms with Crippen molar-refractivity contribution < 1.29 is 19.0 Å². The highest BCUT2D eigenvalue weighted by Gasteiger charge is 2.16. The first kappa shape index (κ1) is 13.4. The Bertz CT molecular complexity index is 362. The van der Waals surface area contributed by atoms with Crippen LogP contribution in [0.5, 0.6) is 11.5 Å². The molecule has 0 saturated carbocycles. The van der Waals surface area contributed by atoms with E-state index in [2.05, 4.69) is 4.74 Å². The molecule has 0 aliphatic rings. The molecule has 0 aliphatic heterocycles. The molecule has 0 heterocycles. The number of hydrogen-bond donors (Lipinski definition) is 0. The molecule has 0 amide bonds. The van der Waals surface area contributed by atoms with E-state index in [1.54, 1.807) is 13.0 Å². The molecule has 94 valence electrons. The fourth-order valence-electron chi connectivity index (χ4n) is 1.28. The zero-order valence-electron chi connectivity index (χ0n) is 10.4. The fourth-order valence-corrected chi connectivity index (χ4v) is 1.28. The van der Waals surface area contributed by atoms with E-state index in [0.717, 1.165) is 6.42 Å². The van der Waals surface area contributed by atoms with Gasteiger partial charge in [-0.25, -0.2) is 4.79 Å². The highest BCUT2D eigenvalue weighted by molar-refractivity contribution is 5.74. The molecule has 0 N–H and O–H groups in total. The van der Waals surface area contributed by atoms with E-state index < -0.39 is 12.1 Å². The van der Waals surface area contributed by atoms with Gasteiger partial charge in [-0.05, 0) is 25.5 Å². The SMILES string of the molecule is CCCOc1ccccc1OC(C)C(=O)OC. The summed E-state index contributed by atoms with van der Waals surface area (Å²) in [5, 5.41) is 0. The first-order chi connectivity index (χ1) is 8.19. The summed E-state index contributed by atoms with van der Waals surface area (Å²) in [5.74, 6) is 0.791. The van der Waals surface area contributed by atoms with Crippen LogP contribution in [0.2, 0.25) is 0 Å². The summed E-state index contributed by atoms with van der Waals surface area (Å²) in [6, 6.07) is 7.28. The van der Waals surface area contributed by atoms with Gasteiger partial charge in [-0.15, -0.1) is 0 Å². The minimum Gasteiger partial charge on any atom is -0.490 e. The summed E-state index contributed by atoms with van der Waals surface area (Å²) >= 11 is 0. The van der Waals surface area contributed by atoms with Crippen LogP contribution in [0.15, 0.2) is 24.3 Å². The van der Waals surface area contributed by atoms with Gasteiger partial charge >= 0.3 is 5.97 Å². The summed E-state index contributed by atoms with van der Waals surface area (Å²) < 4.78 is 15.6. The number of hydrogen-bond acceptors (Lipinski definition) is 4. The second-order valence-electron chi connectivity index (χ2n) is 3.58. The van der Waals surface area contributed by atoms with Crippen molar-refractivity contribution in [1.82, 2.24) is 0 Å². The number of esters is 1. The van der Waals surface area contributed by atoms with Crippen LogP contribution in [0.4, 0.5) is 0 Å². The van der Waals surface area contributed by atoms with Crippen LogP contribution in [-0.2, 0) is 9.53 Å². The maximum absolute atomic E-state index is 11.3. The van der Waals surface area contributed by atoms with Gasteiger partial charge in [0.25, 0.3) is 0 Å². The molecule has 4 heteroatoms. The lowest BCUT2D eigenvalue weighted by molar-refractivity contribution is -0.147. The van der Waals surface area contributed by atoms with Crippen LogP contribution >= 0.6 is 0 Å². The molecule has 1 unspecified atom stereocenters. The molecule has 1 rings (SSSR count). The second kappa shape index (κ2) is 6.78. The summed E-state index contributed by atoms with van der Waals surface area (Å²) in [6.07, 6.45) is 0.271. The monoisotopic (exact) mass is 238 g/mol. The van der Waals surface area contributed by atoms with Crippen LogP contribution in [0.1, 0.15) is 20.3 Å². The van der Waals surface area contributed by atoms with E-state index in [0.29, 0.717) is 18.1 Å². The van der Waals surface area contributed by atoms with Gasteiger partial charge in [-0.3, -0.25) is 0 Å². The third-order valence-electron chi connectivity index (χ3n) is 2.15. The van der Waals surface area contributed by atoms with Gasteiger partial charge in [0.2, 0.25) is 0 Å². The molecule has 0 aliphatic carbocycles. The largest absolute Gasteiger partial charge is 0.490 e. The third kappa shape index (κ3) is 3.98.